The van der Waals surface area contributed by atoms with E-state index < -0.39 is 16.0 Å². The van der Waals surface area contributed by atoms with Crippen molar-refractivity contribution in [3.63, 3.8) is 0 Å². The lowest BCUT2D eigenvalue weighted by Crippen LogP contribution is -2.46. The molecular formula is C17H21N3O4S2. The topological polar surface area (TPSA) is 90.0 Å². The van der Waals surface area contributed by atoms with Crippen molar-refractivity contribution in [1.82, 2.24) is 9.62 Å². The first-order chi connectivity index (χ1) is 12.4. The van der Waals surface area contributed by atoms with Crippen molar-refractivity contribution in [2.24, 2.45) is 0 Å². The molecule has 0 spiro atoms. The Kier molecular flexibility index (Phi) is 5.61. The van der Waals surface area contributed by atoms with Crippen molar-refractivity contribution in [3.8, 4) is 0 Å². The predicted molar refractivity (Wildman–Crippen MR) is 101 cm³/mol. The van der Waals surface area contributed by atoms with E-state index in [-0.39, 0.29) is 4.90 Å². The summed E-state index contributed by atoms with van der Waals surface area (Å²) in [5.74, 6) is -0.889. The van der Waals surface area contributed by atoms with Gasteiger partial charge in [-0.05, 0) is 36.2 Å². The Hall–Kier alpha value is -1.94. The van der Waals surface area contributed by atoms with Crippen LogP contribution in [0.25, 0.3) is 0 Å². The lowest BCUT2D eigenvalue weighted by atomic mass is 10.2. The van der Waals surface area contributed by atoms with Crippen LogP contribution in [-0.2, 0) is 16.6 Å². The van der Waals surface area contributed by atoms with Crippen LogP contribution in [0, 0.1) is 0 Å². The number of carboxylic acid groups (broad SMARTS) is 1. The molecule has 0 radical (unpaired) electrons. The number of thiophene rings is 1. The first kappa shape index (κ1) is 18.8. The molecular weight excluding hydrogens is 374 g/mol. The summed E-state index contributed by atoms with van der Waals surface area (Å²) < 4.78 is 26.9. The summed E-state index contributed by atoms with van der Waals surface area (Å²) in [5, 5.41) is 11.0. The van der Waals surface area contributed by atoms with Crippen LogP contribution < -0.4 is 9.62 Å². The number of carboxylic acids is 1. The molecule has 9 heteroatoms. The molecule has 7 nitrogen and oxygen atoms in total. The number of anilines is 1. The van der Waals surface area contributed by atoms with Crippen LogP contribution >= 0.6 is 11.3 Å². The second-order valence-electron chi connectivity index (χ2n) is 6.02. The lowest BCUT2D eigenvalue weighted by Gasteiger charge is -2.36. The van der Waals surface area contributed by atoms with E-state index in [1.54, 1.807) is 17.5 Å². The highest BCUT2D eigenvalue weighted by atomic mass is 32.2. The van der Waals surface area contributed by atoms with Crippen molar-refractivity contribution in [2.45, 2.75) is 11.4 Å². The van der Waals surface area contributed by atoms with Crippen molar-refractivity contribution >= 4 is 33.0 Å². The van der Waals surface area contributed by atoms with E-state index in [0.717, 1.165) is 18.7 Å². The van der Waals surface area contributed by atoms with E-state index in [1.165, 1.54) is 18.4 Å². The van der Waals surface area contributed by atoms with Gasteiger partial charge < -0.3 is 10.0 Å². The van der Waals surface area contributed by atoms with Crippen LogP contribution in [0.5, 0.6) is 0 Å². The SMILES string of the molecule is CNS(=O)(=O)c1ccccc1N1CCN(Cc2ccsc2C(=O)O)CC1. The maximum Gasteiger partial charge on any atom is 0.346 e. The Morgan fingerprint density at radius 2 is 1.88 bits per heavy atom. The number of nitrogens with zero attached hydrogens (tertiary/aromatic N) is 2. The van der Waals surface area contributed by atoms with Crippen molar-refractivity contribution in [2.75, 3.05) is 38.1 Å². The normalized spacial score (nSPS) is 16.0. The predicted octanol–water partition coefficient (Wildman–Crippen LogP) is 1.68. The number of sulfonamides is 1. The molecule has 0 atom stereocenters. The third kappa shape index (κ3) is 3.90. The quantitative estimate of drug-likeness (QED) is 0.773. The van der Waals surface area contributed by atoms with Crippen LogP contribution in [0.2, 0.25) is 0 Å². The summed E-state index contributed by atoms with van der Waals surface area (Å²) in [6.45, 7) is 3.44. The van der Waals surface area contributed by atoms with E-state index in [0.29, 0.717) is 30.2 Å². The highest BCUT2D eigenvalue weighted by molar-refractivity contribution is 7.89. The van der Waals surface area contributed by atoms with Crippen LogP contribution in [0.3, 0.4) is 0 Å². The van der Waals surface area contributed by atoms with Gasteiger partial charge in [0.05, 0.1) is 5.69 Å². The maximum absolute atomic E-state index is 12.2. The number of hydrogen-bond donors (Lipinski definition) is 2. The zero-order valence-corrected chi connectivity index (χ0v) is 16.0. The first-order valence-electron chi connectivity index (χ1n) is 8.22. The molecule has 1 saturated heterocycles. The fourth-order valence-corrected chi connectivity index (χ4v) is 4.79. The first-order valence-corrected chi connectivity index (χ1v) is 10.6. The standard InChI is InChI=1S/C17H21N3O4S2/c1-18-26(23,24)15-5-3-2-4-14(15)20-9-7-19(8-10-20)12-13-6-11-25-16(13)17(21)22/h2-6,11,18H,7-10,12H2,1H3,(H,21,22). The van der Waals surface area contributed by atoms with Gasteiger partial charge in [0.1, 0.15) is 9.77 Å². The second kappa shape index (κ2) is 7.75. The molecule has 1 aromatic heterocycles. The van der Waals surface area contributed by atoms with Crippen LogP contribution in [0.1, 0.15) is 15.2 Å². The number of hydrogen-bond acceptors (Lipinski definition) is 6. The van der Waals surface area contributed by atoms with Gasteiger partial charge >= 0.3 is 5.97 Å². The molecule has 0 unspecified atom stereocenters. The average Bonchev–Trinajstić information content (AvgIpc) is 3.11. The van der Waals surface area contributed by atoms with Gasteiger partial charge in [-0.2, -0.15) is 0 Å². The van der Waals surface area contributed by atoms with Crippen LogP contribution in [0.4, 0.5) is 5.69 Å². The molecule has 140 valence electrons. The molecule has 2 heterocycles. The molecule has 0 aliphatic carbocycles. The number of para-hydroxylation sites is 1. The molecule has 2 N–H and O–H groups in total. The highest BCUT2D eigenvalue weighted by Gasteiger charge is 2.24. The number of aromatic carboxylic acids is 1. The fraction of sp³-hybridized carbons (Fsp3) is 0.353. The summed E-state index contributed by atoms with van der Waals surface area (Å²) in [6.07, 6.45) is 0. The molecule has 1 fully saturated rings. The number of rotatable bonds is 6. The van der Waals surface area contributed by atoms with Gasteiger partial charge in [0.2, 0.25) is 10.0 Å². The minimum Gasteiger partial charge on any atom is -0.477 e. The zero-order chi connectivity index (χ0) is 18.7. The third-order valence-electron chi connectivity index (χ3n) is 4.47. The number of piperazine rings is 1. The van der Waals surface area contributed by atoms with Gasteiger partial charge in [0, 0.05) is 32.7 Å². The van der Waals surface area contributed by atoms with Gasteiger partial charge in [-0.3, -0.25) is 4.90 Å². The lowest BCUT2D eigenvalue weighted by molar-refractivity contribution is 0.0700. The van der Waals surface area contributed by atoms with Gasteiger partial charge in [0.25, 0.3) is 0 Å². The molecule has 1 aliphatic rings. The molecule has 0 bridgehead atoms. The number of benzene rings is 1. The molecule has 26 heavy (non-hydrogen) atoms. The number of nitrogens with one attached hydrogen (secondary N) is 1. The smallest absolute Gasteiger partial charge is 0.346 e. The summed E-state index contributed by atoms with van der Waals surface area (Å²) in [4.78, 5) is 16.2. The van der Waals surface area contributed by atoms with E-state index in [4.69, 9.17) is 0 Å². The van der Waals surface area contributed by atoms with Crippen LogP contribution in [0.15, 0.2) is 40.6 Å². The van der Waals surface area contributed by atoms with E-state index in [1.807, 2.05) is 18.2 Å². The zero-order valence-electron chi connectivity index (χ0n) is 14.4. The summed E-state index contributed by atoms with van der Waals surface area (Å²) in [7, 11) is -2.11. The summed E-state index contributed by atoms with van der Waals surface area (Å²) in [5.41, 5.74) is 1.53. The Bertz CT molecular complexity index is 887. The second-order valence-corrected chi connectivity index (χ2v) is 8.79. The maximum atomic E-state index is 12.2. The van der Waals surface area contributed by atoms with E-state index >= 15 is 0 Å². The molecule has 2 aromatic rings. The van der Waals surface area contributed by atoms with Gasteiger partial charge in [-0.1, -0.05) is 12.1 Å². The third-order valence-corrected chi connectivity index (χ3v) is 6.88. The van der Waals surface area contributed by atoms with E-state index in [2.05, 4.69) is 14.5 Å². The molecule has 0 amide bonds. The highest BCUT2D eigenvalue weighted by Crippen LogP contribution is 2.26. The molecule has 0 saturated carbocycles. The fourth-order valence-electron chi connectivity index (χ4n) is 3.09. The van der Waals surface area contributed by atoms with Gasteiger partial charge in [-0.15, -0.1) is 11.3 Å². The van der Waals surface area contributed by atoms with Crippen molar-refractivity contribution in [3.05, 3.63) is 46.2 Å². The minimum absolute atomic E-state index is 0.280. The monoisotopic (exact) mass is 395 g/mol. The minimum atomic E-state index is -3.52. The average molecular weight is 396 g/mol. The van der Waals surface area contributed by atoms with Gasteiger partial charge in [-0.25, -0.2) is 17.9 Å². The van der Waals surface area contributed by atoms with Crippen molar-refractivity contribution < 1.29 is 18.3 Å². The largest absolute Gasteiger partial charge is 0.477 e. The van der Waals surface area contributed by atoms with Crippen LogP contribution in [-0.4, -0.2) is 57.6 Å². The van der Waals surface area contributed by atoms with Gasteiger partial charge in [0.15, 0.2) is 0 Å². The summed E-state index contributed by atoms with van der Waals surface area (Å²) in [6, 6.07) is 8.84. The Morgan fingerprint density at radius 3 is 2.54 bits per heavy atom. The van der Waals surface area contributed by atoms with Crippen molar-refractivity contribution in [1.29, 1.82) is 0 Å². The summed E-state index contributed by atoms with van der Waals surface area (Å²) >= 11 is 1.24. The molecule has 3 rings (SSSR count). The molecule has 1 aromatic carbocycles. The number of carbonyl (C=O) groups is 1. The Balaban J connectivity index is 1.70. The molecule has 1 aliphatic heterocycles. The van der Waals surface area contributed by atoms with E-state index in [9.17, 15) is 18.3 Å². The Morgan fingerprint density at radius 1 is 1.19 bits per heavy atom. The Labute approximate surface area is 156 Å².